The minimum atomic E-state index is -0.121. The quantitative estimate of drug-likeness (QED) is 0.658. The van der Waals surface area contributed by atoms with Gasteiger partial charge in [0.05, 0.1) is 25.4 Å². The maximum Gasteiger partial charge on any atom is 0.240 e. The Labute approximate surface area is 204 Å². The van der Waals surface area contributed by atoms with E-state index in [9.17, 15) is 4.79 Å². The summed E-state index contributed by atoms with van der Waals surface area (Å²) in [5.41, 5.74) is 0.910. The van der Waals surface area contributed by atoms with Crippen molar-refractivity contribution in [2.45, 2.75) is 31.8 Å². The van der Waals surface area contributed by atoms with E-state index in [1.54, 1.807) is 19.4 Å². The minimum absolute atomic E-state index is 0.0192. The largest absolute Gasteiger partial charge is 0.491 e. The van der Waals surface area contributed by atoms with Crippen LogP contribution in [-0.4, -0.2) is 78.6 Å². The maximum absolute atomic E-state index is 12.9. The Bertz CT molecular complexity index is 999. The van der Waals surface area contributed by atoms with Crippen LogP contribution in [0.15, 0.2) is 24.4 Å². The molecular weight excluding hydrogens is 463 g/mol. The third-order valence-electron chi connectivity index (χ3n) is 6.42. The van der Waals surface area contributed by atoms with Crippen molar-refractivity contribution in [2.75, 3.05) is 57.1 Å². The summed E-state index contributed by atoms with van der Waals surface area (Å²) in [6, 6.07) is 5.33. The van der Waals surface area contributed by atoms with E-state index in [0.717, 1.165) is 24.9 Å². The SMILES string of the molecule is COc1cnc(N2CCN(C(=O)[C@H]3CCCN3C)CC2)nc1N[C@H](C)c1ccc(Cl)cc1Cl. The Kier molecular flexibility index (Phi) is 7.46. The van der Waals surface area contributed by atoms with Crippen LogP contribution in [0, 0.1) is 0 Å². The molecule has 1 aromatic heterocycles. The van der Waals surface area contributed by atoms with E-state index in [2.05, 4.69) is 20.1 Å². The molecule has 10 heteroatoms. The number of likely N-dealkylation sites (tertiary alicyclic amines) is 1. The number of methoxy groups -OCH3 is 1. The molecule has 2 aliphatic heterocycles. The van der Waals surface area contributed by atoms with Crippen LogP contribution < -0.4 is 15.0 Å². The second kappa shape index (κ2) is 10.3. The van der Waals surface area contributed by atoms with Crippen LogP contribution in [0.4, 0.5) is 11.8 Å². The Balaban J connectivity index is 1.44. The number of carbonyl (C=O) groups is 1. The number of amides is 1. The van der Waals surface area contributed by atoms with Gasteiger partial charge in [-0.3, -0.25) is 9.69 Å². The van der Waals surface area contributed by atoms with Gasteiger partial charge in [-0.25, -0.2) is 4.98 Å². The second-order valence-corrected chi connectivity index (χ2v) is 9.41. The van der Waals surface area contributed by atoms with Gasteiger partial charge in [0.25, 0.3) is 0 Å². The van der Waals surface area contributed by atoms with Crippen molar-refractivity contribution in [3.63, 3.8) is 0 Å². The Morgan fingerprint density at radius 3 is 2.61 bits per heavy atom. The summed E-state index contributed by atoms with van der Waals surface area (Å²) in [6.45, 7) is 5.70. The number of piperazine rings is 1. The monoisotopic (exact) mass is 492 g/mol. The zero-order valence-corrected chi connectivity index (χ0v) is 20.7. The third-order valence-corrected chi connectivity index (χ3v) is 6.99. The van der Waals surface area contributed by atoms with Crippen molar-refractivity contribution in [3.8, 4) is 5.75 Å². The Morgan fingerprint density at radius 1 is 1.21 bits per heavy atom. The van der Waals surface area contributed by atoms with E-state index in [1.807, 2.05) is 31.0 Å². The van der Waals surface area contributed by atoms with Crippen LogP contribution in [0.2, 0.25) is 10.0 Å². The molecule has 2 aliphatic rings. The number of halogens is 2. The molecule has 1 N–H and O–H groups in total. The van der Waals surface area contributed by atoms with E-state index < -0.39 is 0 Å². The number of benzene rings is 1. The normalized spacial score (nSPS) is 20.1. The molecule has 2 aromatic rings. The molecule has 8 nitrogen and oxygen atoms in total. The third kappa shape index (κ3) is 5.28. The zero-order chi connectivity index (χ0) is 23.5. The number of nitrogens with one attached hydrogen (secondary N) is 1. The minimum Gasteiger partial charge on any atom is -0.491 e. The summed E-state index contributed by atoms with van der Waals surface area (Å²) in [7, 11) is 3.62. The molecule has 0 unspecified atom stereocenters. The molecule has 0 saturated carbocycles. The molecule has 0 aliphatic carbocycles. The van der Waals surface area contributed by atoms with Crippen molar-refractivity contribution in [3.05, 3.63) is 40.0 Å². The summed E-state index contributed by atoms with van der Waals surface area (Å²) < 4.78 is 5.47. The highest BCUT2D eigenvalue weighted by Crippen LogP contribution is 2.31. The van der Waals surface area contributed by atoms with Gasteiger partial charge >= 0.3 is 0 Å². The van der Waals surface area contributed by atoms with Gasteiger partial charge in [-0.1, -0.05) is 29.3 Å². The maximum atomic E-state index is 12.9. The number of hydrogen-bond donors (Lipinski definition) is 1. The van der Waals surface area contributed by atoms with E-state index in [0.29, 0.717) is 53.7 Å². The Morgan fingerprint density at radius 2 is 1.97 bits per heavy atom. The summed E-state index contributed by atoms with van der Waals surface area (Å²) in [4.78, 5) is 28.4. The molecule has 0 spiro atoms. The van der Waals surface area contributed by atoms with Crippen molar-refractivity contribution >= 4 is 40.9 Å². The smallest absolute Gasteiger partial charge is 0.240 e. The van der Waals surface area contributed by atoms with Gasteiger partial charge < -0.3 is 19.9 Å². The second-order valence-electron chi connectivity index (χ2n) is 8.57. The van der Waals surface area contributed by atoms with E-state index in [1.165, 1.54) is 0 Å². The molecular formula is C23H30Cl2N6O2. The van der Waals surface area contributed by atoms with E-state index in [-0.39, 0.29) is 18.0 Å². The summed E-state index contributed by atoms with van der Waals surface area (Å²) in [5.74, 6) is 1.99. The van der Waals surface area contributed by atoms with Gasteiger partial charge in [0, 0.05) is 36.2 Å². The predicted octanol–water partition coefficient (Wildman–Crippen LogP) is 3.71. The first-order valence-electron chi connectivity index (χ1n) is 11.2. The van der Waals surface area contributed by atoms with Gasteiger partial charge in [0.2, 0.25) is 11.9 Å². The lowest BCUT2D eigenvalue weighted by Gasteiger charge is -2.37. The molecule has 178 valence electrons. The van der Waals surface area contributed by atoms with Crippen LogP contribution in [0.3, 0.4) is 0 Å². The topological polar surface area (TPSA) is 73.8 Å². The van der Waals surface area contributed by atoms with Crippen molar-refractivity contribution in [1.29, 1.82) is 0 Å². The number of carbonyl (C=O) groups excluding carboxylic acids is 1. The first kappa shape index (κ1) is 23.9. The number of rotatable bonds is 6. The van der Waals surface area contributed by atoms with Gasteiger partial charge in [-0.2, -0.15) is 4.98 Å². The van der Waals surface area contributed by atoms with Crippen LogP contribution >= 0.6 is 23.2 Å². The highest BCUT2D eigenvalue weighted by Gasteiger charge is 2.33. The molecule has 2 saturated heterocycles. The van der Waals surface area contributed by atoms with Crippen LogP contribution in [-0.2, 0) is 4.79 Å². The molecule has 2 atom stereocenters. The zero-order valence-electron chi connectivity index (χ0n) is 19.2. The number of hydrogen-bond acceptors (Lipinski definition) is 7. The average Bonchev–Trinajstić information content (AvgIpc) is 3.24. The fraction of sp³-hybridized carbons (Fsp3) is 0.522. The van der Waals surface area contributed by atoms with Gasteiger partial charge in [-0.15, -0.1) is 0 Å². The lowest BCUT2D eigenvalue weighted by Crippen LogP contribution is -2.53. The highest BCUT2D eigenvalue weighted by molar-refractivity contribution is 6.35. The number of ether oxygens (including phenoxy) is 1. The molecule has 1 aromatic carbocycles. The summed E-state index contributed by atoms with van der Waals surface area (Å²) in [5, 5.41) is 4.57. The van der Waals surface area contributed by atoms with Crippen molar-refractivity contribution in [2.24, 2.45) is 0 Å². The molecule has 33 heavy (non-hydrogen) atoms. The van der Waals surface area contributed by atoms with Gasteiger partial charge in [0.1, 0.15) is 0 Å². The average molecular weight is 493 g/mol. The fourth-order valence-electron chi connectivity index (χ4n) is 4.46. The molecule has 2 fully saturated rings. The van der Waals surface area contributed by atoms with Gasteiger partial charge in [-0.05, 0) is 51.1 Å². The molecule has 0 radical (unpaired) electrons. The highest BCUT2D eigenvalue weighted by atomic mass is 35.5. The number of nitrogens with zero attached hydrogens (tertiary/aromatic N) is 5. The first-order valence-corrected chi connectivity index (χ1v) is 12.0. The lowest BCUT2D eigenvalue weighted by molar-refractivity contribution is -0.135. The lowest BCUT2D eigenvalue weighted by atomic mass is 10.1. The predicted molar refractivity (Wildman–Crippen MR) is 132 cm³/mol. The molecule has 1 amide bonds. The molecule has 0 bridgehead atoms. The van der Waals surface area contributed by atoms with Gasteiger partial charge in [0.15, 0.2) is 11.6 Å². The summed E-state index contributed by atoms with van der Waals surface area (Å²) in [6.07, 6.45) is 3.70. The number of likely N-dealkylation sites (N-methyl/N-ethyl adjacent to an activating group) is 1. The van der Waals surface area contributed by atoms with Crippen molar-refractivity contribution < 1.29 is 9.53 Å². The standard InChI is InChI=1S/C23H30Cl2N6O2/c1-15(17-7-6-16(24)13-18(17)25)27-21-20(33-3)14-26-23(28-21)31-11-9-30(10-12-31)22(32)19-5-4-8-29(19)2/h6-7,13-15,19H,4-5,8-12H2,1-3H3,(H,26,27,28)/t15-,19-/m1/s1. The summed E-state index contributed by atoms with van der Waals surface area (Å²) >= 11 is 12.4. The van der Waals surface area contributed by atoms with E-state index >= 15 is 0 Å². The first-order chi connectivity index (χ1) is 15.9. The molecule has 3 heterocycles. The van der Waals surface area contributed by atoms with E-state index in [4.69, 9.17) is 32.9 Å². The number of anilines is 2. The number of aromatic nitrogens is 2. The van der Waals surface area contributed by atoms with Crippen molar-refractivity contribution in [1.82, 2.24) is 19.8 Å². The van der Waals surface area contributed by atoms with Crippen LogP contribution in [0.25, 0.3) is 0 Å². The molecule has 4 rings (SSSR count). The Hall–Kier alpha value is -2.29. The fourth-order valence-corrected chi connectivity index (χ4v) is 5.03. The van der Waals surface area contributed by atoms with Crippen LogP contribution in [0.5, 0.6) is 5.75 Å². The van der Waals surface area contributed by atoms with Crippen LogP contribution in [0.1, 0.15) is 31.4 Å².